The Morgan fingerprint density at radius 3 is 2.71 bits per heavy atom. The minimum Gasteiger partial charge on any atom is -0.481 e. The van der Waals surface area contributed by atoms with Crippen molar-refractivity contribution in [3.8, 4) is 5.88 Å². The van der Waals surface area contributed by atoms with Crippen molar-refractivity contribution in [3.05, 3.63) is 11.3 Å². The van der Waals surface area contributed by atoms with Gasteiger partial charge in [0.05, 0.1) is 12.8 Å². The van der Waals surface area contributed by atoms with Gasteiger partial charge in [-0.25, -0.2) is 4.98 Å². The monoisotopic (exact) mass is 193 g/mol. The topological polar surface area (TPSA) is 61.0 Å². The molecule has 1 aliphatic rings. The van der Waals surface area contributed by atoms with Crippen LogP contribution in [0.3, 0.4) is 0 Å². The minimum atomic E-state index is 0.322. The lowest BCUT2D eigenvalue weighted by molar-refractivity contribution is 0.391. The molecule has 1 heterocycles. The molecule has 0 saturated heterocycles. The maximum atomic E-state index is 5.61. The molecule has 4 nitrogen and oxygen atoms in total. The highest BCUT2D eigenvalue weighted by Gasteiger charge is 2.16. The SMILES string of the molecule is COc1nc(N)nc2c1CCCCC2. The van der Waals surface area contributed by atoms with Crippen LogP contribution < -0.4 is 10.5 Å². The summed E-state index contributed by atoms with van der Waals surface area (Å²) < 4.78 is 5.22. The fraction of sp³-hybridized carbons (Fsp3) is 0.600. The normalized spacial score (nSPS) is 15.8. The van der Waals surface area contributed by atoms with E-state index in [2.05, 4.69) is 9.97 Å². The maximum absolute atomic E-state index is 5.61. The van der Waals surface area contributed by atoms with Crippen molar-refractivity contribution in [1.29, 1.82) is 0 Å². The van der Waals surface area contributed by atoms with Gasteiger partial charge in [0.25, 0.3) is 0 Å². The van der Waals surface area contributed by atoms with E-state index in [4.69, 9.17) is 10.5 Å². The van der Waals surface area contributed by atoms with Crippen LogP contribution in [0.4, 0.5) is 5.95 Å². The third kappa shape index (κ3) is 1.64. The van der Waals surface area contributed by atoms with Gasteiger partial charge in [0.1, 0.15) is 0 Å². The second-order valence-electron chi connectivity index (χ2n) is 3.58. The van der Waals surface area contributed by atoms with Crippen LogP contribution in [0, 0.1) is 0 Å². The Labute approximate surface area is 83.5 Å². The molecule has 1 aromatic heterocycles. The van der Waals surface area contributed by atoms with E-state index in [9.17, 15) is 0 Å². The highest BCUT2D eigenvalue weighted by Crippen LogP contribution is 2.26. The molecule has 0 aliphatic heterocycles. The van der Waals surface area contributed by atoms with Crippen molar-refractivity contribution in [2.24, 2.45) is 0 Å². The molecule has 0 unspecified atom stereocenters. The highest BCUT2D eigenvalue weighted by molar-refractivity contribution is 5.36. The zero-order chi connectivity index (χ0) is 9.97. The molecular weight excluding hydrogens is 178 g/mol. The van der Waals surface area contributed by atoms with E-state index in [-0.39, 0.29) is 0 Å². The fourth-order valence-corrected chi connectivity index (χ4v) is 1.92. The molecule has 0 spiro atoms. The molecule has 1 aromatic rings. The zero-order valence-corrected chi connectivity index (χ0v) is 8.42. The number of fused-ring (bicyclic) bond motifs is 1. The van der Waals surface area contributed by atoms with Crippen LogP contribution in [0.1, 0.15) is 30.5 Å². The number of rotatable bonds is 1. The van der Waals surface area contributed by atoms with Crippen LogP contribution in [-0.2, 0) is 12.8 Å². The number of nitrogen functional groups attached to an aromatic ring is 1. The number of aromatic nitrogens is 2. The number of nitrogens with zero attached hydrogens (tertiary/aromatic N) is 2. The number of hydrogen-bond donors (Lipinski definition) is 1. The zero-order valence-electron chi connectivity index (χ0n) is 8.42. The summed E-state index contributed by atoms with van der Waals surface area (Å²) in [6.07, 6.45) is 5.64. The number of hydrogen-bond acceptors (Lipinski definition) is 4. The van der Waals surface area contributed by atoms with Gasteiger partial charge in [0.2, 0.25) is 11.8 Å². The van der Waals surface area contributed by atoms with Gasteiger partial charge in [0, 0.05) is 5.56 Å². The van der Waals surface area contributed by atoms with Gasteiger partial charge in [-0.05, 0) is 25.7 Å². The van der Waals surface area contributed by atoms with E-state index < -0.39 is 0 Å². The van der Waals surface area contributed by atoms with E-state index in [1.165, 1.54) is 19.3 Å². The molecule has 4 heteroatoms. The van der Waals surface area contributed by atoms with Crippen LogP contribution in [0.2, 0.25) is 0 Å². The van der Waals surface area contributed by atoms with Crippen molar-refractivity contribution < 1.29 is 4.74 Å². The van der Waals surface area contributed by atoms with E-state index in [0.29, 0.717) is 11.8 Å². The number of ether oxygens (including phenoxy) is 1. The predicted molar refractivity (Wildman–Crippen MR) is 54.3 cm³/mol. The molecule has 0 amide bonds. The first-order valence-electron chi connectivity index (χ1n) is 5.00. The van der Waals surface area contributed by atoms with Gasteiger partial charge in [-0.15, -0.1) is 0 Å². The molecule has 14 heavy (non-hydrogen) atoms. The number of methoxy groups -OCH3 is 1. The Bertz CT molecular complexity index is 338. The lowest BCUT2D eigenvalue weighted by Gasteiger charge is -2.09. The van der Waals surface area contributed by atoms with Crippen LogP contribution in [-0.4, -0.2) is 17.1 Å². The summed E-state index contributed by atoms with van der Waals surface area (Å²) in [6, 6.07) is 0. The molecule has 0 atom stereocenters. The Morgan fingerprint density at radius 1 is 1.14 bits per heavy atom. The van der Waals surface area contributed by atoms with Crippen molar-refractivity contribution >= 4 is 5.95 Å². The fourth-order valence-electron chi connectivity index (χ4n) is 1.92. The molecular formula is C10H15N3O. The third-order valence-electron chi connectivity index (χ3n) is 2.61. The quantitative estimate of drug-likeness (QED) is 0.684. The van der Waals surface area contributed by atoms with Gasteiger partial charge in [-0.3, -0.25) is 0 Å². The van der Waals surface area contributed by atoms with E-state index in [1.54, 1.807) is 7.11 Å². The standard InChI is InChI=1S/C10H15N3O/c1-14-9-7-5-3-2-4-6-8(7)12-10(11)13-9/h2-6H2,1H3,(H2,11,12,13). The van der Waals surface area contributed by atoms with E-state index >= 15 is 0 Å². The third-order valence-corrected chi connectivity index (χ3v) is 2.61. The van der Waals surface area contributed by atoms with Crippen molar-refractivity contribution in [2.45, 2.75) is 32.1 Å². The number of aryl methyl sites for hydroxylation is 1. The first kappa shape index (κ1) is 9.24. The van der Waals surface area contributed by atoms with E-state index in [0.717, 1.165) is 24.1 Å². The second-order valence-corrected chi connectivity index (χ2v) is 3.58. The Balaban J connectivity index is 2.46. The van der Waals surface area contributed by atoms with Gasteiger partial charge in [-0.1, -0.05) is 6.42 Å². The molecule has 1 aliphatic carbocycles. The summed E-state index contributed by atoms with van der Waals surface area (Å²) in [5, 5.41) is 0. The first-order valence-corrected chi connectivity index (χ1v) is 5.00. The van der Waals surface area contributed by atoms with E-state index in [1.807, 2.05) is 0 Å². The van der Waals surface area contributed by atoms with Gasteiger partial charge < -0.3 is 10.5 Å². The smallest absolute Gasteiger partial charge is 0.223 e. The van der Waals surface area contributed by atoms with Crippen LogP contribution in [0.25, 0.3) is 0 Å². The molecule has 76 valence electrons. The molecule has 0 bridgehead atoms. The average Bonchev–Trinajstić information content (AvgIpc) is 2.41. The molecule has 0 aromatic carbocycles. The van der Waals surface area contributed by atoms with Crippen molar-refractivity contribution in [1.82, 2.24) is 9.97 Å². The lowest BCUT2D eigenvalue weighted by atomic mass is 10.1. The maximum Gasteiger partial charge on any atom is 0.223 e. The van der Waals surface area contributed by atoms with Crippen molar-refractivity contribution in [3.63, 3.8) is 0 Å². The van der Waals surface area contributed by atoms with Gasteiger partial charge in [-0.2, -0.15) is 4.98 Å². The summed E-state index contributed by atoms with van der Waals surface area (Å²) in [5.74, 6) is 0.983. The first-order chi connectivity index (χ1) is 6.81. The van der Waals surface area contributed by atoms with Gasteiger partial charge >= 0.3 is 0 Å². The van der Waals surface area contributed by atoms with Crippen LogP contribution in [0.5, 0.6) is 5.88 Å². The molecule has 2 rings (SSSR count). The number of anilines is 1. The summed E-state index contributed by atoms with van der Waals surface area (Å²) in [5.41, 5.74) is 7.83. The Kier molecular flexibility index (Phi) is 2.52. The molecule has 0 fully saturated rings. The summed E-state index contributed by atoms with van der Waals surface area (Å²) in [7, 11) is 1.63. The molecule has 0 radical (unpaired) electrons. The minimum absolute atomic E-state index is 0.322. The predicted octanol–water partition coefficient (Wildman–Crippen LogP) is 1.34. The number of nitrogens with two attached hydrogens (primary N) is 1. The Hall–Kier alpha value is -1.32. The van der Waals surface area contributed by atoms with Crippen LogP contribution >= 0.6 is 0 Å². The molecule has 0 saturated carbocycles. The molecule has 2 N–H and O–H groups in total. The largest absolute Gasteiger partial charge is 0.481 e. The van der Waals surface area contributed by atoms with Crippen molar-refractivity contribution in [2.75, 3.05) is 12.8 Å². The highest BCUT2D eigenvalue weighted by atomic mass is 16.5. The lowest BCUT2D eigenvalue weighted by Crippen LogP contribution is -2.06. The average molecular weight is 193 g/mol. The summed E-state index contributed by atoms with van der Waals surface area (Å²) >= 11 is 0. The van der Waals surface area contributed by atoms with Crippen LogP contribution in [0.15, 0.2) is 0 Å². The Morgan fingerprint density at radius 2 is 1.93 bits per heavy atom. The summed E-state index contributed by atoms with van der Waals surface area (Å²) in [6.45, 7) is 0. The van der Waals surface area contributed by atoms with Gasteiger partial charge in [0.15, 0.2) is 0 Å². The second kappa shape index (κ2) is 3.82. The summed E-state index contributed by atoms with van der Waals surface area (Å²) in [4.78, 5) is 8.36.